The van der Waals surface area contributed by atoms with Gasteiger partial charge in [0.05, 0.1) is 24.9 Å². The van der Waals surface area contributed by atoms with Crippen LogP contribution in [0.3, 0.4) is 0 Å². The molecule has 1 aromatic carbocycles. The number of aromatic nitrogens is 4. The molecule has 3 N–H and O–H groups in total. The third kappa shape index (κ3) is 3.04. The number of ether oxygens (including phenoxy) is 2. The van der Waals surface area contributed by atoms with E-state index in [0.29, 0.717) is 34.0 Å². The van der Waals surface area contributed by atoms with Crippen LogP contribution in [-0.2, 0) is 0 Å². The standard InChI is InChI=1S/C15H15ClN6O2/c1-23-11-8-10(12(24-2)7-9(11)16)19-15-20-14(17)22(21-15)13-5-3-4-6-18-13/h3-8H,1-2H3,(H3,17,19,20,21). The lowest BCUT2D eigenvalue weighted by atomic mass is 10.2. The molecule has 0 aliphatic carbocycles. The van der Waals surface area contributed by atoms with E-state index in [1.165, 1.54) is 18.9 Å². The van der Waals surface area contributed by atoms with E-state index in [4.69, 9.17) is 26.8 Å². The summed E-state index contributed by atoms with van der Waals surface area (Å²) in [6.07, 6.45) is 1.65. The predicted molar refractivity (Wildman–Crippen MR) is 91.4 cm³/mol. The number of nitrogens with two attached hydrogens (primary N) is 1. The second-order valence-electron chi connectivity index (χ2n) is 4.71. The molecule has 0 atom stereocenters. The summed E-state index contributed by atoms with van der Waals surface area (Å²) in [6, 6.07) is 8.76. The topological polar surface area (TPSA) is 100 Å². The van der Waals surface area contributed by atoms with Crippen LogP contribution in [0.4, 0.5) is 17.6 Å². The number of pyridine rings is 1. The Morgan fingerprint density at radius 2 is 1.96 bits per heavy atom. The minimum absolute atomic E-state index is 0.205. The van der Waals surface area contributed by atoms with Crippen LogP contribution < -0.4 is 20.5 Å². The summed E-state index contributed by atoms with van der Waals surface area (Å²) in [6.45, 7) is 0. The van der Waals surface area contributed by atoms with E-state index in [-0.39, 0.29) is 5.95 Å². The van der Waals surface area contributed by atoms with Crippen LogP contribution in [0.2, 0.25) is 5.02 Å². The van der Waals surface area contributed by atoms with Crippen LogP contribution >= 0.6 is 11.6 Å². The zero-order valence-electron chi connectivity index (χ0n) is 13.0. The summed E-state index contributed by atoms with van der Waals surface area (Å²) in [5.74, 6) is 2.08. The molecule has 124 valence electrons. The van der Waals surface area contributed by atoms with Gasteiger partial charge in [0.25, 0.3) is 0 Å². The number of nitrogens with zero attached hydrogens (tertiary/aromatic N) is 4. The monoisotopic (exact) mass is 346 g/mol. The van der Waals surface area contributed by atoms with Crippen LogP contribution in [-0.4, -0.2) is 34.0 Å². The first-order valence-corrected chi connectivity index (χ1v) is 7.32. The quantitative estimate of drug-likeness (QED) is 0.732. The predicted octanol–water partition coefficient (Wildman–Crippen LogP) is 2.66. The average Bonchev–Trinajstić information content (AvgIpc) is 2.97. The fraction of sp³-hybridized carbons (Fsp3) is 0.133. The van der Waals surface area contributed by atoms with E-state index in [9.17, 15) is 0 Å². The van der Waals surface area contributed by atoms with Crippen molar-refractivity contribution in [3.05, 3.63) is 41.6 Å². The van der Waals surface area contributed by atoms with E-state index >= 15 is 0 Å². The number of rotatable bonds is 5. The number of methoxy groups -OCH3 is 2. The fourth-order valence-electron chi connectivity index (χ4n) is 2.10. The first-order valence-electron chi connectivity index (χ1n) is 6.95. The maximum Gasteiger partial charge on any atom is 0.249 e. The second-order valence-corrected chi connectivity index (χ2v) is 5.11. The van der Waals surface area contributed by atoms with Gasteiger partial charge in [-0.3, -0.25) is 0 Å². The Bertz CT molecular complexity index is 853. The number of nitrogen functional groups attached to an aromatic ring is 1. The Morgan fingerprint density at radius 1 is 1.17 bits per heavy atom. The van der Waals surface area contributed by atoms with Crippen LogP contribution in [0.25, 0.3) is 5.82 Å². The van der Waals surface area contributed by atoms with E-state index in [1.54, 1.807) is 30.5 Å². The van der Waals surface area contributed by atoms with Gasteiger partial charge in [0, 0.05) is 18.3 Å². The highest BCUT2D eigenvalue weighted by Gasteiger charge is 2.14. The van der Waals surface area contributed by atoms with Crippen molar-refractivity contribution in [2.45, 2.75) is 0 Å². The van der Waals surface area contributed by atoms with E-state index in [2.05, 4.69) is 20.4 Å². The molecule has 8 nitrogen and oxygen atoms in total. The van der Waals surface area contributed by atoms with Crippen molar-refractivity contribution in [2.75, 3.05) is 25.3 Å². The van der Waals surface area contributed by atoms with Gasteiger partial charge in [0.15, 0.2) is 5.82 Å². The SMILES string of the molecule is COc1cc(Nc2nc(N)n(-c3ccccn3)n2)c(OC)cc1Cl. The average molecular weight is 347 g/mol. The molecule has 2 aromatic heterocycles. The number of nitrogens with one attached hydrogen (secondary N) is 1. The van der Waals surface area contributed by atoms with Crippen molar-refractivity contribution in [3.8, 4) is 17.3 Å². The smallest absolute Gasteiger partial charge is 0.249 e. The largest absolute Gasteiger partial charge is 0.495 e. The minimum Gasteiger partial charge on any atom is -0.495 e. The molecule has 0 spiro atoms. The zero-order valence-corrected chi connectivity index (χ0v) is 13.8. The van der Waals surface area contributed by atoms with Crippen LogP contribution in [0.5, 0.6) is 11.5 Å². The highest BCUT2D eigenvalue weighted by atomic mass is 35.5. The lowest BCUT2D eigenvalue weighted by Gasteiger charge is -2.12. The molecule has 0 saturated heterocycles. The first-order chi connectivity index (χ1) is 11.6. The molecule has 0 aliphatic rings. The molecular weight excluding hydrogens is 332 g/mol. The maximum atomic E-state index is 6.10. The van der Waals surface area contributed by atoms with Gasteiger partial charge >= 0.3 is 0 Å². The van der Waals surface area contributed by atoms with Crippen LogP contribution in [0.1, 0.15) is 0 Å². The van der Waals surface area contributed by atoms with Crippen molar-refractivity contribution >= 4 is 29.2 Å². The molecule has 0 bridgehead atoms. The van der Waals surface area contributed by atoms with Crippen molar-refractivity contribution in [1.29, 1.82) is 0 Å². The van der Waals surface area contributed by atoms with E-state index in [1.807, 2.05) is 6.07 Å². The summed E-state index contributed by atoms with van der Waals surface area (Å²) in [4.78, 5) is 8.38. The van der Waals surface area contributed by atoms with Crippen molar-refractivity contribution in [1.82, 2.24) is 19.7 Å². The fourth-order valence-corrected chi connectivity index (χ4v) is 2.33. The molecule has 0 fully saturated rings. The second kappa shape index (κ2) is 6.63. The normalized spacial score (nSPS) is 10.5. The minimum atomic E-state index is 0.205. The lowest BCUT2D eigenvalue weighted by Crippen LogP contribution is -2.04. The molecule has 0 radical (unpaired) electrons. The molecule has 2 heterocycles. The highest BCUT2D eigenvalue weighted by molar-refractivity contribution is 6.32. The maximum absolute atomic E-state index is 6.10. The van der Waals surface area contributed by atoms with Gasteiger partial charge in [-0.25, -0.2) is 4.98 Å². The Morgan fingerprint density at radius 3 is 2.62 bits per heavy atom. The summed E-state index contributed by atoms with van der Waals surface area (Å²) in [5.41, 5.74) is 6.50. The number of anilines is 3. The molecule has 0 saturated carbocycles. The molecular formula is C15H15ClN6O2. The molecule has 24 heavy (non-hydrogen) atoms. The summed E-state index contributed by atoms with van der Waals surface area (Å²) >= 11 is 6.10. The van der Waals surface area contributed by atoms with Crippen LogP contribution in [0, 0.1) is 0 Å². The molecule has 3 aromatic rings. The molecule has 3 rings (SSSR count). The Kier molecular flexibility index (Phi) is 4.39. The Hall–Kier alpha value is -3.00. The molecule has 9 heteroatoms. The first kappa shape index (κ1) is 15.9. The third-order valence-corrected chi connectivity index (χ3v) is 3.51. The van der Waals surface area contributed by atoms with Crippen molar-refractivity contribution in [2.24, 2.45) is 0 Å². The molecule has 0 aliphatic heterocycles. The van der Waals surface area contributed by atoms with Crippen molar-refractivity contribution in [3.63, 3.8) is 0 Å². The van der Waals surface area contributed by atoms with E-state index < -0.39 is 0 Å². The lowest BCUT2D eigenvalue weighted by molar-refractivity contribution is 0.405. The van der Waals surface area contributed by atoms with Gasteiger partial charge in [-0.1, -0.05) is 17.7 Å². The summed E-state index contributed by atoms with van der Waals surface area (Å²) in [7, 11) is 3.07. The van der Waals surface area contributed by atoms with Gasteiger partial charge < -0.3 is 20.5 Å². The van der Waals surface area contributed by atoms with Gasteiger partial charge in [0.1, 0.15) is 11.5 Å². The van der Waals surface area contributed by atoms with Gasteiger partial charge in [-0.05, 0) is 12.1 Å². The highest BCUT2D eigenvalue weighted by Crippen LogP contribution is 2.37. The number of hydrogen-bond donors (Lipinski definition) is 2. The number of halogens is 1. The Labute approximate surface area is 143 Å². The van der Waals surface area contributed by atoms with Crippen LogP contribution in [0.15, 0.2) is 36.5 Å². The van der Waals surface area contributed by atoms with Gasteiger partial charge in [-0.2, -0.15) is 9.67 Å². The summed E-state index contributed by atoms with van der Waals surface area (Å²) < 4.78 is 12.0. The van der Waals surface area contributed by atoms with Gasteiger partial charge in [-0.15, -0.1) is 5.10 Å². The number of benzene rings is 1. The summed E-state index contributed by atoms with van der Waals surface area (Å²) in [5, 5.41) is 7.78. The van der Waals surface area contributed by atoms with E-state index in [0.717, 1.165) is 0 Å². The Balaban J connectivity index is 1.95. The molecule has 0 amide bonds. The van der Waals surface area contributed by atoms with Gasteiger partial charge in [0.2, 0.25) is 11.9 Å². The van der Waals surface area contributed by atoms with Crippen molar-refractivity contribution < 1.29 is 9.47 Å². The number of hydrogen-bond acceptors (Lipinski definition) is 7. The molecule has 0 unspecified atom stereocenters. The third-order valence-electron chi connectivity index (χ3n) is 3.22. The zero-order chi connectivity index (χ0) is 17.1.